The first kappa shape index (κ1) is 15.5. The summed E-state index contributed by atoms with van der Waals surface area (Å²) in [4.78, 5) is 14.3. The number of hydrogen-bond donors (Lipinski definition) is 1. The highest BCUT2D eigenvalue weighted by atomic mass is 16.2. The minimum absolute atomic E-state index is 0.339. The van der Waals surface area contributed by atoms with Gasteiger partial charge in [0, 0.05) is 25.0 Å². The molecule has 1 saturated heterocycles. The Bertz CT molecular complexity index is 265. The van der Waals surface area contributed by atoms with E-state index >= 15 is 0 Å². The zero-order chi connectivity index (χ0) is 13.7. The smallest absolute Gasteiger partial charge is 0.222 e. The van der Waals surface area contributed by atoms with Gasteiger partial charge in [-0.3, -0.25) is 4.79 Å². The molecule has 1 amide bonds. The Balaban J connectivity index is 2.35. The second-order valence-corrected chi connectivity index (χ2v) is 6.32. The summed E-state index contributed by atoms with van der Waals surface area (Å²) in [6.07, 6.45) is 2.88. The fourth-order valence-corrected chi connectivity index (χ4v) is 2.82. The van der Waals surface area contributed by atoms with Gasteiger partial charge >= 0.3 is 0 Å². The van der Waals surface area contributed by atoms with Crippen LogP contribution in [0.3, 0.4) is 0 Å². The third-order valence-electron chi connectivity index (χ3n) is 4.04. The quantitative estimate of drug-likeness (QED) is 0.765. The molecule has 106 valence electrons. The summed E-state index contributed by atoms with van der Waals surface area (Å²) in [7, 11) is 0. The molecule has 3 unspecified atom stereocenters. The number of carbonyl (C=O) groups excluding carboxylic acids is 1. The highest BCUT2D eigenvalue weighted by Gasteiger charge is 2.31. The molecule has 0 bridgehead atoms. The molecule has 0 aromatic rings. The van der Waals surface area contributed by atoms with Crippen molar-refractivity contribution < 1.29 is 4.79 Å². The molecule has 1 aliphatic heterocycles. The Morgan fingerprint density at radius 2 is 2.00 bits per heavy atom. The number of nitrogens with one attached hydrogen (secondary N) is 1. The van der Waals surface area contributed by atoms with Gasteiger partial charge in [0.1, 0.15) is 0 Å². The number of piperidine rings is 1. The predicted octanol–water partition coefficient (Wildman–Crippen LogP) is 2.66. The summed E-state index contributed by atoms with van der Waals surface area (Å²) in [5, 5.41) is 3.36. The van der Waals surface area contributed by atoms with Crippen molar-refractivity contribution in [2.45, 2.75) is 66.0 Å². The second-order valence-electron chi connectivity index (χ2n) is 6.32. The summed E-state index contributed by atoms with van der Waals surface area (Å²) in [6.45, 7) is 12.9. The van der Waals surface area contributed by atoms with Gasteiger partial charge in [-0.05, 0) is 38.1 Å². The lowest BCUT2D eigenvalue weighted by Crippen LogP contribution is -2.48. The van der Waals surface area contributed by atoms with Crippen LogP contribution in [0.5, 0.6) is 0 Å². The molecule has 3 nitrogen and oxygen atoms in total. The van der Waals surface area contributed by atoms with E-state index in [0.717, 1.165) is 19.5 Å². The van der Waals surface area contributed by atoms with E-state index in [9.17, 15) is 4.79 Å². The molecular formula is C15H30N2O. The Hall–Kier alpha value is -0.570. The predicted molar refractivity (Wildman–Crippen MR) is 76.5 cm³/mol. The molecule has 1 fully saturated rings. The second kappa shape index (κ2) is 7.13. The van der Waals surface area contributed by atoms with Gasteiger partial charge in [0.05, 0.1) is 0 Å². The largest absolute Gasteiger partial charge is 0.339 e. The molecule has 18 heavy (non-hydrogen) atoms. The molecular weight excluding hydrogens is 224 g/mol. The highest BCUT2D eigenvalue weighted by molar-refractivity contribution is 5.76. The lowest BCUT2D eigenvalue weighted by atomic mass is 9.86. The molecule has 0 spiro atoms. The van der Waals surface area contributed by atoms with E-state index in [1.165, 1.54) is 6.42 Å². The number of nitrogens with zero attached hydrogens (tertiary/aromatic N) is 1. The lowest BCUT2D eigenvalue weighted by Gasteiger charge is -2.41. The van der Waals surface area contributed by atoms with Crippen LogP contribution in [-0.2, 0) is 4.79 Å². The fourth-order valence-electron chi connectivity index (χ4n) is 2.82. The first-order chi connectivity index (χ1) is 8.41. The molecule has 0 aliphatic carbocycles. The average Bonchev–Trinajstić information content (AvgIpc) is 2.28. The maximum Gasteiger partial charge on any atom is 0.222 e. The van der Waals surface area contributed by atoms with Crippen LogP contribution in [-0.4, -0.2) is 36.0 Å². The topological polar surface area (TPSA) is 32.3 Å². The molecule has 1 rings (SSSR count). The van der Waals surface area contributed by atoms with Gasteiger partial charge in [0.25, 0.3) is 0 Å². The van der Waals surface area contributed by atoms with Gasteiger partial charge in [-0.2, -0.15) is 0 Å². The Labute approximate surface area is 112 Å². The molecule has 1 heterocycles. The SMILES string of the molecule is CC1CC(C)C(C)N(C(=O)CCCNC(C)C)C1. The molecule has 0 aromatic carbocycles. The summed E-state index contributed by atoms with van der Waals surface area (Å²) < 4.78 is 0. The van der Waals surface area contributed by atoms with Gasteiger partial charge < -0.3 is 10.2 Å². The van der Waals surface area contributed by atoms with Crippen molar-refractivity contribution in [3.8, 4) is 0 Å². The van der Waals surface area contributed by atoms with E-state index < -0.39 is 0 Å². The number of likely N-dealkylation sites (tertiary alicyclic amines) is 1. The maximum absolute atomic E-state index is 12.2. The number of amides is 1. The maximum atomic E-state index is 12.2. The average molecular weight is 254 g/mol. The molecule has 0 saturated carbocycles. The van der Waals surface area contributed by atoms with E-state index in [-0.39, 0.29) is 0 Å². The van der Waals surface area contributed by atoms with Crippen molar-refractivity contribution in [1.82, 2.24) is 10.2 Å². The van der Waals surface area contributed by atoms with Crippen LogP contribution in [0.1, 0.15) is 53.9 Å². The zero-order valence-electron chi connectivity index (χ0n) is 12.7. The first-order valence-electron chi connectivity index (χ1n) is 7.44. The van der Waals surface area contributed by atoms with Crippen LogP contribution < -0.4 is 5.32 Å². The van der Waals surface area contributed by atoms with Gasteiger partial charge in [0.2, 0.25) is 5.91 Å². The van der Waals surface area contributed by atoms with E-state index in [1.54, 1.807) is 0 Å². The summed E-state index contributed by atoms with van der Waals surface area (Å²) in [5.74, 6) is 1.62. The van der Waals surface area contributed by atoms with Crippen LogP contribution >= 0.6 is 0 Å². The minimum Gasteiger partial charge on any atom is -0.339 e. The minimum atomic E-state index is 0.339. The molecule has 3 heteroatoms. The van der Waals surface area contributed by atoms with Crippen molar-refractivity contribution >= 4 is 5.91 Å². The Kier molecular flexibility index (Phi) is 6.13. The van der Waals surface area contributed by atoms with Crippen LogP contribution in [0.2, 0.25) is 0 Å². The summed E-state index contributed by atoms with van der Waals surface area (Å²) in [5.41, 5.74) is 0. The van der Waals surface area contributed by atoms with Crippen molar-refractivity contribution in [2.75, 3.05) is 13.1 Å². The van der Waals surface area contributed by atoms with Crippen molar-refractivity contribution in [2.24, 2.45) is 11.8 Å². The summed E-state index contributed by atoms with van der Waals surface area (Å²) >= 11 is 0. The fraction of sp³-hybridized carbons (Fsp3) is 0.933. The van der Waals surface area contributed by atoms with Crippen LogP contribution in [0, 0.1) is 11.8 Å². The standard InChI is InChI=1S/C15H30N2O/c1-11(2)16-8-6-7-15(18)17-10-12(3)9-13(4)14(17)5/h11-14,16H,6-10H2,1-5H3. The van der Waals surface area contributed by atoms with E-state index in [4.69, 9.17) is 0 Å². The van der Waals surface area contributed by atoms with Gasteiger partial charge in [0.15, 0.2) is 0 Å². The number of rotatable bonds is 5. The monoisotopic (exact) mass is 254 g/mol. The normalized spacial score (nSPS) is 28.8. The van der Waals surface area contributed by atoms with Crippen LogP contribution in [0.4, 0.5) is 0 Å². The third kappa shape index (κ3) is 4.60. The number of carbonyl (C=O) groups is 1. The summed E-state index contributed by atoms with van der Waals surface area (Å²) in [6, 6.07) is 0.917. The third-order valence-corrected chi connectivity index (χ3v) is 4.04. The number of hydrogen-bond acceptors (Lipinski definition) is 2. The van der Waals surface area contributed by atoms with Crippen LogP contribution in [0.15, 0.2) is 0 Å². The highest BCUT2D eigenvalue weighted by Crippen LogP contribution is 2.27. The van der Waals surface area contributed by atoms with Crippen molar-refractivity contribution in [3.63, 3.8) is 0 Å². The molecule has 1 aliphatic rings. The van der Waals surface area contributed by atoms with Gasteiger partial charge in [-0.15, -0.1) is 0 Å². The van der Waals surface area contributed by atoms with Crippen LogP contribution in [0.25, 0.3) is 0 Å². The van der Waals surface area contributed by atoms with E-state index in [1.807, 2.05) is 0 Å². The van der Waals surface area contributed by atoms with E-state index in [0.29, 0.717) is 36.2 Å². The van der Waals surface area contributed by atoms with Gasteiger partial charge in [-0.25, -0.2) is 0 Å². The van der Waals surface area contributed by atoms with Crippen molar-refractivity contribution in [3.05, 3.63) is 0 Å². The zero-order valence-corrected chi connectivity index (χ0v) is 12.7. The van der Waals surface area contributed by atoms with Gasteiger partial charge in [-0.1, -0.05) is 27.7 Å². The first-order valence-corrected chi connectivity index (χ1v) is 7.44. The Morgan fingerprint density at radius 3 is 2.61 bits per heavy atom. The molecule has 0 aromatic heterocycles. The lowest BCUT2D eigenvalue weighted by molar-refractivity contribution is -0.137. The molecule has 3 atom stereocenters. The van der Waals surface area contributed by atoms with Crippen molar-refractivity contribution in [1.29, 1.82) is 0 Å². The Morgan fingerprint density at radius 1 is 1.33 bits per heavy atom. The molecule has 1 N–H and O–H groups in total. The molecule has 0 radical (unpaired) electrons. The van der Waals surface area contributed by atoms with E-state index in [2.05, 4.69) is 44.8 Å².